The Hall–Kier alpha value is -0.280. The van der Waals surface area contributed by atoms with Crippen LogP contribution in [0.25, 0.3) is 0 Å². The van der Waals surface area contributed by atoms with Crippen LogP contribution in [-0.4, -0.2) is 27.8 Å². The van der Waals surface area contributed by atoms with Crippen molar-refractivity contribution in [2.45, 2.75) is 5.25 Å². The van der Waals surface area contributed by atoms with Gasteiger partial charge in [0.2, 0.25) is 10.0 Å². The molecular weight excluding hydrogens is 204 g/mol. The van der Waals surface area contributed by atoms with Crippen molar-refractivity contribution in [3.63, 3.8) is 0 Å². The average molecular weight is 207 g/mol. The summed E-state index contributed by atoms with van der Waals surface area (Å²) in [7, 11) is -9.35. The molecule has 0 amide bonds. The van der Waals surface area contributed by atoms with Gasteiger partial charge in [-0.25, -0.2) is 16.8 Å². The van der Waals surface area contributed by atoms with Gasteiger partial charge in [0, 0.05) is 0 Å². The van der Waals surface area contributed by atoms with Crippen LogP contribution in [0.4, 0.5) is 8.78 Å². The molecule has 1 saturated heterocycles. The highest BCUT2D eigenvalue weighted by Crippen LogP contribution is 2.28. The Morgan fingerprint density at radius 1 is 1.18 bits per heavy atom. The maximum absolute atomic E-state index is 12.2. The van der Waals surface area contributed by atoms with Gasteiger partial charge in [0.15, 0.2) is 0 Å². The summed E-state index contributed by atoms with van der Waals surface area (Å²) < 4.78 is 66.3. The summed E-state index contributed by atoms with van der Waals surface area (Å²) >= 11 is 0. The first-order chi connectivity index (χ1) is 4.66. The molecule has 0 aromatic carbocycles. The topological polar surface area (TPSA) is 80.3 Å². The number of sulfonamides is 2. The van der Waals surface area contributed by atoms with Gasteiger partial charge in [-0.15, -0.1) is 4.13 Å². The number of nitrogens with one attached hydrogen (secondary N) is 1. The molecule has 0 saturated carbocycles. The third-order valence-electron chi connectivity index (χ3n) is 0.988. The van der Waals surface area contributed by atoms with Crippen LogP contribution in [-0.2, 0) is 20.0 Å². The molecule has 0 aliphatic carbocycles. The van der Waals surface area contributed by atoms with E-state index in [1.807, 2.05) is 0 Å². The predicted octanol–water partition coefficient (Wildman–Crippen LogP) is -1.16. The Morgan fingerprint density at radius 3 is 1.73 bits per heavy atom. The second kappa shape index (κ2) is 1.90. The molecule has 1 N–H and O–H groups in total. The summed E-state index contributed by atoms with van der Waals surface area (Å²) in [6.07, 6.45) is 0. The summed E-state index contributed by atoms with van der Waals surface area (Å²) in [6, 6.07) is 0. The van der Waals surface area contributed by atoms with E-state index in [4.69, 9.17) is 0 Å². The Kier molecular flexibility index (Phi) is 1.52. The van der Waals surface area contributed by atoms with E-state index in [0.717, 1.165) is 4.13 Å². The smallest absolute Gasteiger partial charge is 0.211 e. The van der Waals surface area contributed by atoms with Crippen molar-refractivity contribution >= 4 is 20.0 Å². The lowest BCUT2D eigenvalue weighted by atomic mass is 10.8. The van der Waals surface area contributed by atoms with Gasteiger partial charge >= 0.3 is 5.25 Å². The van der Waals surface area contributed by atoms with Gasteiger partial charge in [-0.3, -0.25) is 0 Å². The van der Waals surface area contributed by atoms with E-state index in [1.165, 1.54) is 0 Å². The first-order valence-electron chi connectivity index (χ1n) is 2.30. The molecule has 1 rings (SSSR count). The van der Waals surface area contributed by atoms with Crippen molar-refractivity contribution in [1.82, 2.24) is 4.13 Å². The van der Waals surface area contributed by atoms with Crippen LogP contribution in [0, 0.1) is 0 Å². The molecule has 0 radical (unpaired) electrons. The zero-order valence-corrected chi connectivity index (χ0v) is 6.55. The maximum atomic E-state index is 12.2. The molecule has 5 nitrogen and oxygen atoms in total. The third-order valence-corrected chi connectivity index (χ3v) is 4.74. The fraction of sp³-hybridized carbons (Fsp3) is 1.00. The molecule has 1 heterocycles. The Morgan fingerprint density at radius 2 is 1.64 bits per heavy atom. The minimum atomic E-state index is -5.00. The summed E-state index contributed by atoms with van der Waals surface area (Å²) in [5.74, 6) is -1.69. The van der Waals surface area contributed by atoms with E-state index in [1.54, 1.807) is 0 Å². The molecule has 0 atom stereocenters. The first kappa shape index (κ1) is 8.81. The van der Waals surface area contributed by atoms with Gasteiger partial charge in [0.25, 0.3) is 10.0 Å². The molecule has 0 spiro atoms. The summed E-state index contributed by atoms with van der Waals surface area (Å²) in [5.41, 5.74) is 0. The number of rotatable bonds is 0. The fourth-order valence-corrected chi connectivity index (χ4v) is 4.15. The van der Waals surface area contributed by atoms with E-state index < -0.39 is 31.1 Å². The largest absolute Gasteiger partial charge is 0.375 e. The van der Waals surface area contributed by atoms with Gasteiger partial charge in [-0.05, 0) is 0 Å². The van der Waals surface area contributed by atoms with Crippen molar-refractivity contribution in [3.05, 3.63) is 0 Å². The van der Waals surface area contributed by atoms with Crippen LogP contribution in [0.2, 0.25) is 0 Å². The lowest BCUT2D eigenvalue weighted by molar-refractivity contribution is 0.121. The maximum Gasteiger partial charge on any atom is 0.375 e. The summed E-state index contributed by atoms with van der Waals surface area (Å²) in [6.45, 7) is 0. The molecule has 66 valence electrons. The standard InChI is InChI=1S/C2H3F2NO4S2/c3-2(4)1-10(6,7)5-11(2,8)9/h5H,1H2. The molecule has 1 fully saturated rings. The molecule has 0 aromatic rings. The molecule has 1 aliphatic heterocycles. The normalized spacial score (nSPS) is 31.8. The van der Waals surface area contributed by atoms with Crippen LogP contribution in [0.5, 0.6) is 0 Å². The van der Waals surface area contributed by atoms with Gasteiger partial charge in [-0.1, -0.05) is 0 Å². The Balaban J connectivity index is 3.31. The number of halogens is 2. The minimum Gasteiger partial charge on any atom is -0.211 e. The van der Waals surface area contributed by atoms with Crippen molar-refractivity contribution in [3.8, 4) is 0 Å². The van der Waals surface area contributed by atoms with E-state index in [2.05, 4.69) is 0 Å². The van der Waals surface area contributed by atoms with Crippen LogP contribution >= 0.6 is 0 Å². The number of hydrogen-bond donors (Lipinski definition) is 1. The highest BCUT2D eigenvalue weighted by atomic mass is 32.3. The average Bonchev–Trinajstić information content (AvgIpc) is 1.66. The third kappa shape index (κ3) is 1.35. The van der Waals surface area contributed by atoms with Crippen LogP contribution < -0.4 is 4.13 Å². The first-order valence-corrected chi connectivity index (χ1v) is 5.43. The van der Waals surface area contributed by atoms with Crippen molar-refractivity contribution in [1.29, 1.82) is 0 Å². The quantitative estimate of drug-likeness (QED) is 0.543. The summed E-state index contributed by atoms with van der Waals surface area (Å²) in [4.78, 5) is 0. The molecule has 0 aromatic heterocycles. The Labute approximate surface area is 61.5 Å². The predicted molar refractivity (Wildman–Crippen MR) is 30.8 cm³/mol. The zero-order chi connectivity index (χ0) is 8.91. The molecular formula is C2H3F2NO4S2. The van der Waals surface area contributed by atoms with Crippen LogP contribution in [0.3, 0.4) is 0 Å². The van der Waals surface area contributed by atoms with Gasteiger partial charge in [0.1, 0.15) is 5.75 Å². The minimum absolute atomic E-state index is 0.854. The van der Waals surface area contributed by atoms with Crippen LogP contribution in [0.1, 0.15) is 0 Å². The van der Waals surface area contributed by atoms with Gasteiger partial charge < -0.3 is 0 Å². The lowest BCUT2D eigenvalue weighted by Gasteiger charge is -2.01. The van der Waals surface area contributed by atoms with E-state index in [9.17, 15) is 25.6 Å². The Bertz CT molecular complexity index is 367. The van der Waals surface area contributed by atoms with Crippen molar-refractivity contribution < 1.29 is 25.6 Å². The molecule has 9 heteroatoms. The SMILES string of the molecule is O=S1(=O)CC(F)(F)S(=O)(=O)N1. The molecule has 0 bridgehead atoms. The molecule has 0 unspecified atom stereocenters. The van der Waals surface area contributed by atoms with Crippen molar-refractivity contribution in [2.24, 2.45) is 0 Å². The van der Waals surface area contributed by atoms with E-state index >= 15 is 0 Å². The molecule has 11 heavy (non-hydrogen) atoms. The highest BCUT2D eigenvalue weighted by molar-refractivity contribution is 8.08. The van der Waals surface area contributed by atoms with Gasteiger partial charge in [0.05, 0.1) is 0 Å². The summed E-state index contributed by atoms with van der Waals surface area (Å²) in [5, 5.41) is -4.20. The lowest BCUT2D eigenvalue weighted by Crippen LogP contribution is -2.30. The highest BCUT2D eigenvalue weighted by Gasteiger charge is 2.57. The number of hydrogen-bond acceptors (Lipinski definition) is 4. The van der Waals surface area contributed by atoms with Gasteiger partial charge in [-0.2, -0.15) is 8.78 Å². The van der Waals surface area contributed by atoms with Crippen LogP contribution in [0.15, 0.2) is 0 Å². The number of alkyl halides is 2. The fourth-order valence-electron chi connectivity index (χ4n) is 0.556. The zero-order valence-electron chi connectivity index (χ0n) is 4.91. The van der Waals surface area contributed by atoms with E-state index in [-0.39, 0.29) is 0 Å². The second-order valence-corrected chi connectivity index (χ2v) is 5.77. The molecule has 1 aliphatic rings. The monoisotopic (exact) mass is 207 g/mol. The van der Waals surface area contributed by atoms with Crippen molar-refractivity contribution in [2.75, 3.05) is 5.75 Å². The second-order valence-electron chi connectivity index (χ2n) is 1.98. The van der Waals surface area contributed by atoms with E-state index in [0.29, 0.717) is 0 Å².